The molecule has 33 heavy (non-hydrogen) atoms. The Hall–Kier alpha value is -2.60. The summed E-state index contributed by atoms with van der Waals surface area (Å²) in [6.45, 7) is -0.166. The van der Waals surface area contributed by atoms with Crippen LogP contribution in [0.3, 0.4) is 0 Å². The van der Waals surface area contributed by atoms with Crippen LogP contribution in [0.4, 0.5) is 58.4 Å². The highest BCUT2D eigenvalue weighted by Gasteiger charge is 2.41. The predicted molar refractivity (Wildman–Crippen MR) is 92.2 cm³/mol. The molecule has 1 unspecified atom stereocenters. The molecule has 1 atom stereocenters. The molecule has 13 heteroatoms. The van der Waals surface area contributed by atoms with Crippen LogP contribution in [0, 0.1) is 0 Å². The number of anilines is 1. The number of alkyl halides is 12. The van der Waals surface area contributed by atoms with Gasteiger partial charge in [-0.3, -0.25) is 0 Å². The molecule has 182 valence electrons. The van der Waals surface area contributed by atoms with Gasteiger partial charge in [-0.25, -0.2) is 0 Å². The van der Waals surface area contributed by atoms with Crippen molar-refractivity contribution in [2.24, 2.45) is 0 Å². The Balaban J connectivity index is 2.15. The van der Waals surface area contributed by atoms with E-state index in [0.29, 0.717) is 24.3 Å². The van der Waals surface area contributed by atoms with Gasteiger partial charge in [0, 0.05) is 12.2 Å². The lowest BCUT2D eigenvalue weighted by Gasteiger charge is -2.29. The number of hydrogen-bond acceptors (Lipinski definition) is 1. The molecule has 0 radical (unpaired) electrons. The Kier molecular flexibility index (Phi) is 6.08. The zero-order valence-corrected chi connectivity index (χ0v) is 16.1. The first-order valence-corrected chi connectivity index (χ1v) is 9.23. The van der Waals surface area contributed by atoms with Crippen molar-refractivity contribution in [3.8, 4) is 0 Å². The molecule has 0 spiro atoms. The summed E-state index contributed by atoms with van der Waals surface area (Å²) >= 11 is 0. The SMILES string of the molecule is FC(F)(F)c1cc(C2CCCN2c2cc(C(F)(F)F)cc(C(F)(F)F)c2)cc(C(F)(F)F)c1. The number of hydrogen-bond donors (Lipinski definition) is 0. The van der Waals surface area contributed by atoms with Gasteiger partial charge in [0.25, 0.3) is 0 Å². The van der Waals surface area contributed by atoms with Crippen molar-refractivity contribution < 1.29 is 52.7 Å². The van der Waals surface area contributed by atoms with E-state index in [1.54, 1.807) is 0 Å². The summed E-state index contributed by atoms with van der Waals surface area (Å²) in [5.41, 5.74) is -7.65. The van der Waals surface area contributed by atoms with Crippen molar-refractivity contribution >= 4 is 5.69 Å². The third kappa shape index (κ3) is 5.49. The van der Waals surface area contributed by atoms with Crippen molar-refractivity contribution in [2.75, 3.05) is 11.4 Å². The minimum Gasteiger partial charge on any atom is -0.364 e. The highest BCUT2D eigenvalue weighted by atomic mass is 19.4. The molecule has 1 heterocycles. The van der Waals surface area contributed by atoms with Gasteiger partial charge >= 0.3 is 24.7 Å². The van der Waals surface area contributed by atoms with E-state index in [0.717, 1.165) is 4.90 Å². The van der Waals surface area contributed by atoms with Crippen LogP contribution in [0.2, 0.25) is 0 Å². The topological polar surface area (TPSA) is 3.24 Å². The quantitative estimate of drug-likeness (QED) is 0.381. The van der Waals surface area contributed by atoms with Crippen LogP contribution in [0.15, 0.2) is 36.4 Å². The van der Waals surface area contributed by atoms with Gasteiger partial charge in [0.1, 0.15) is 0 Å². The first-order valence-electron chi connectivity index (χ1n) is 9.23. The number of rotatable bonds is 2. The van der Waals surface area contributed by atoms with Gasteiger partial charge in [0.2, 0.25) is 0 Å². The molecule has 1 aliphatic rings. The van der Waals surface area contributed by atoms with Crippen LogP contribution in [-0.2, 0) is 24.7 Å². The number of nitrogens with zero attached hydrogens (tertiary/aromatic N) is 1. The average Bonchev–Trinajstić information content (AvgIpc) is 3.14. The molecule has 3 rings (SSSR count). The fraction of sp³-hybridized carbons (Fsp3) is 0.400. The van der Waals surface area contributed by atoms with Crippen LogP contribution in [-0.4, -0.2) is 6.54 Å². The summed E-state index contributed by atoms with van der Waals surface area (Å²) in [7, 11) is 0. The maximum Gasteiger partial charge on any atom is 0.416 e. The molecule has 0 amide bonds. The van der Waals surface area contributed by atoms with Gasteiger partial charge in [-0.2, -0.15) is 52.7 Å². The lowest BCUT2D eigenvalue weighted by molar-refractivity contribution is -0.144. The van der Waals surface area contributed by atoms with Crippen molar-refractivity contribution in [1.29, 1.82) is 0 Å². The summed E-state index contributed by atoms with van der Waals surface area (Å²) in [5, 5.41) is 0. The lowest BCUT2D eigenvalue weighted by Crippen LogP contribution is -2.25. The Bertz CT molecular complexity index is 868. The molecule has 1 fully saturated rings. The molecule has 0 aromatic heterocycles. The fourth-order valence-corrected chi connectivity index (χ4v) is 3.70. The normalized spacial score (nSPS) is 18.2. The van der Waals surface area contributed by atoms with E-state index in [4.69, 9.17) is 0 Å². The molecule has 1 nitrogen and oxygen atoms in total. The Labute approximate surface area is 178 Å². The van der Waals surface area contributed by atoms with Gasteiger partial charge in [-0.15, -0.1) is 0 Å². The molecular weight excluding hydrogens is 482 g/mol. The first kappa shape index (κ1) is 25.0. The molecule has 0 N–H and O–H groups in total. The summed E-state index contributed by atoms with van der Waals surface area (Å²) in [4.78, 5) is 0.958. The van der Waals surface area contributed by atoms with Crippen LogP contribution in [0.25, 0.3) is 0 Å². The minimum atomic E-state index is -5.16. The van der Waals surface area contributed by atoms with E-state index in [1.165, 1.54) is 0 Å². The molecule has 1 aliphatic heterocycles. The number of halogens is 12. The average molecular weight is 495 g/mol. The van der Waals surface area contributed by atoms with Gasteiger partial charge < -0.3 is 4.90 Å². The molecule has 2 aromatic rings. The van der Waals surface area contributed by atoms with Crippen molar-refractivity contribution in [3.63, 3.8) is 0 Å². The van der Waals surface area contributed by atoms with Gasteiger partial charge in [-0.1, -0.05) is 0 Å². The lowest BCUT2D eigenvalue weighted by atomic mass is 9.97. The van der Waals surface area contributed by atoms with E-state index < -0.39 is 64.3 Å². The second-order valence-electron chi connectivity index (χ2n) is 7.45. The van der Waals surface area contributed by atoms with Gasteiger partial charge in [-0.05, 0) is 54.8 Å². The van der Waals surface area contributed by atoms with Gasteiger partial charge in [0.15, 0.2) is 0 Å². The molecule has 0 aliphatic carbocycles. The minimum absolute atomic E-state index is 0.0732. The highest BCUT2D eigenvalue weighted by Crippen LogP contribution is 2.44. The molecular formula is C20H13F12N. The van der Waals surface area contributed by atoms with E-state index >= 15 is 0 Å². The molecule has 0 saturated carbocycles. The molecule has 0 bridgehead atoms. The van der Waals surface area contributed by atoms with E-state index in [1.807, 2.05) is 0 Å². The second kappa shape index (κ2) is 8.01. The fourth-order valence-electron chi connectivity index (χ4n) is 3.70. The maximum absolute atomic E-state index is 13.2. The van der Waals surface area contributed by atoms with Crippen LogP contribution in [0.5, 0.6) is 0 Å². The third-order valence-corrected chi connectivity index (χ3v) is 5.15. The predicted octanol–water partition coefficient (Wildman–Crippen LogP) is 8.10. The highest BCUT2D eigenvalue weighted by molar-refractivity contribution is 5.56. The summed E-state index contributed by atoms with van der Waals surface area (Å²) < 4.78 is 158. The zero-order valence-electron chi connectivity index (χ0n) is 16.1. The maximum atomic E-state index is 13.2. The van der Waals surface area contributed by atoms with Crippen molar-refractivity contribution in [2.45, 2.75) is 43.6 Å². The van der Waals surface area contributed by atoms with Crippen molar-refractivity contribution in [1.82, 2.24) is 0 Å². The Morgan fingerprint density at radius 2 is 0.909 bits per heavy atom. The van der Waals surface area contributed by atoms with Crippen LogP contribution in [0.1, 0.15) is 46.7 Å². The summed E-state index contributed by atoms with van der Waals surface area (Å²) in [6.07, 6.45) is -20.6. The molecule has 1 saturated heterocycles. The standard InChI is InChI=1S/C20H13F12N/c21-17(22,23)11-4-10(5-12(6-11)18(24,25)26)16-2-1-3-33(16)15-8-13(19(27,28)29)7-14(9-15)20(30,31)32/h4-9,16H,1-3H2. The van der Waals surface area contributed by atoms with Crippen LogP contribution < -0.4 is 4.90 Å². The zero-order chi connectivity index (χ0) is 25.0. The largest absolute Gasteiger partial charge is 0.416 e. The van der Waals surface area contributed by atoms with E-state index in [9.17, 15) is 52.7 Å². The van der Waals surface area contributed by atoms with Gasteiger partial charge in [0.05, 0.1) is 28.3 Å². The Morgan fingerprint density at radius 3 is 1.27 bits per heavy atom. The van der Waals surface area contributed by atoms with E-state index in [2.05, 4.69) is 0 Å². The van der Waals surface area contributed by atoms with Crippen molar-refractivity contribution in [3.05, 3.63) is 64.2 Å². The Morgan fingerprint density at radius 1 is 0.545 bits per heavy atom. The van der Waals surface area contributed by atoms with Crippen LogP contribution >= 0.6 is 0 Å². The third-order valence-electron chi connectivity index (χ3n) is 5.15. The summed E-state index contributed by atoms with van der Waals surface area (Å²) in [5.74, 6) is 0. The number of benzene rings is 2. The van der Waals surface area contributed by atoms with E-state index in [-0.39, 0.29) is 31.5 Å². The smallest absolute Gasteiger partial charge is 0.364 e. The first-order chi connectivity index (χ1) is 14.9. The molecule has 2 aromatic carbocycles. The second-order valence-corrected chi connectivity index (χ2v) is 7.45. The monoisotopic (exact) mass is 495 g/mol. The summed E-state index contributed by atoms with van der Waals surface area (Å²) in [6, 6.07) is 0.137.